The number of nitrogens with zero attached hydrogens (tertiary/aromatic N) is 8. The average molecular weight is 808 g/mol. The van der Waals surface area contributed by atoms with Crippen LogP contribution in [0.2, 0.25) is 0 Å². The summed E-state index contributed by atoms with van der Waals surface area (Å²) in [6.45, 7) is 3.71. The average Bonchev–Trinajstić information content (AvgIpc) is 4.13. The quantitative estimate of drug-likeness (QED) is 0.106. The number of pyridine rings is 4. The Kier molecular flexibility index (Phi) is 7.63. The Hall–Kier alpha value is -7.07. The van der Waals surface area contributed by atoms with Crippen LogP contribution in [0.4, 0.5) is 0 Å². The van der Waals surface area contributed by atoms with Crippen LogP contribution >= 0.6 is 22.7 Å². The number of imidazole rings is 1. The minimum absolute atomic E-state index is 0.815. The van der Waals surface area contributed by atoms with Crippen molar-refractivity contribution in [2.24, 2.45) is 7.05 Å². The highest BCUT2D eigenvalue weighted by Crippen LogP contribution is 2.41. The third kappa shape index (κ3) is 5.50. The summed E-state index contributed by atoms with van der Waals surface area (Å²) >= 11 is 3.32. The molecule has 0 amide bonds. The smallest absolute Gasteiger partial charge is 0.116 e. The number of H-pyrrole nitrogens is 4. The summed E-state index contributed by atoms with van der Waals surface area (Å²) < 4.78 is 2.04. The molecule has 1 aliphatic rings. The van der Waals surface area contributed by atoms with E-state index in [1.54, 1.807) is 22.7 Å². The molecule has 0 radical (unpaired) electrons. The van der Waals surface area contributed by atoms with Crippen molar-refractivity contribution in [1.82, 2.24) is 65.2 Å². The highest BCUT2D eigenvalue weighted by Gasteiger charge is 2.23. The van der Waals surface area contributed by atoms with E-state index in [9.17, 15) is 0 Å². The van der Waals surface area contributed by atoms with Crippen molar-refractivity contribution in [2.45, 2.75) is 13.3 Å². The molecule has 0 aliphatic carbocycles. The van der Waals surface area contributed by atoms with Gasteiger partial charge in [0.1, 0.15) is 22.9 Å². The minimum Gasteiger partial charge on any atom is -0.353 e. The number of aryl methyl sites for hydroxylation is 1. The van der Waals surface area contributed by atoms with Crippen molar-refractivity contribution < 1.29 is 0 Å². The summed E-state index contributed by atoms with van der Waals surface area (Å²) in [5.41, 5.74) is 16.0. The molecule has 5 N–H and O–H groups in total. The lowest BCUT2D eigenvalue weighted by molar-refractivity contribution is 0.737. The first-order chi connectivity index (χ1) is 29.0. The normalized spacial score (nSPS) is 13.4. The van der Waals surface area contributed by atoms with E-state index in [0.717, 1.165) is 142 Å². The molecule has 0 spiro atoms. The van der Waals surface area contributed by atoms with Crippen molar-refractivity contribution >= 4 is 71.9 Å². The highest BCUT2D eigenvalue weighted by atomic mass is 32.1. The van der Waals surface area contributed by atoms with Gasteiger partial charge in [-0.1, -0.05) is 6.08 Å². The van der Waals surface area contributed by atoms with Gasteiger partial charge in [-0.15, -0.1) is 11.3 Å². The Morgan fingerprint density at radius 2 is 1.42 bits per heavy atom. The molecule has 0 bridgehead atoms. The largest absolute Gasteiger partial charge is 0.353 e. The molecular formula is C44H33N13S2. The van der Waals surface area contributed by atoms with Crippen LogP contribution in [0.5, 0.6) is 0 Å². The van der Waals surface area contributed by atoms with Gasteiger partial charge in [-0.25, -0.2) is 9.97 Å². The van der Waals surface area contributed by atoms with Crippen molar-refractivity contribution in [3.63, 3.8) is 0 Å². The number of aromatic amines is 4. The lowest BCUT2D eigenvalue weighted by atomic mass is 10.0. The molecule has 0 atom stereocenters. The summed E-state index contributed by atoms with van der Waals surface area (Å²) in [4.78, 5) is 32.5. The molecular weight excluding hydrogens is 775 g/mol. The predicted octanol–water partition coefficient (Wildman–Crippen LogP) is 9.53. The summed E-state index contributed by atoms with van der Waals surface area (Å²) in [6.07, 6.45) is 10.5. The highest BCUT2D eigenvalue weighted by molar-refractivity contribution is 7.14. The van der Waals surface area contributed by atoms with E-state index in [1.807, 2.05) is 55.5 Å². The summed E-state index contributed by atoms with van der Waals surface area (Å²) in [6, 6.07) is 16.9. The van der Waals surface area contributed by atoms with Gasteiger partial charge in [0.25, 0.3) is 0 Å². The van der Waals surface area contributed by atoms with Crippen molar-refractivity contribution in [1.29, 1.82) is 0 Å². The number of rotatable bonds is 7. The number of aromatic nitrogens is 12. The molecule has 0 fully saturated rings. The molecule has 0 aromatic carbocycles. The third-order valence-corrected chi connectivity index (χ3v) is 13.0. The lowest BCUT2D eigenvalue weighted by Gasteiger charge is -2.14. The zero-order valence-electron chi connectivity index (χ0n) is 31.8. The van der Waals surface area contributed by atoms with Crippen LogP contribution in [0, 0.1) is 6.92 Å². The van der Waals surface area contributed by atoms with E-state index in [0.29, 0.717) is 0 Å². The van der Waals surface area contributed by atoms with Crippen LogP contribution in [-0.4, -0.2) is 72.9 Å². The standard InChI is InChI=1S/C44H33N13S2/c1-22-48-19-37(57(22)2)33-14-28-36(18-49-33)53-54-41(28)34-16-27-31(50-34)6-11-47-40(27)25-13-38(59-21-25)44-43-29(17-32(52-44)23-3-8-45-9-4-23)42(55-56-43)35-15-26-30(51-35)5-10-46-39(26)24-7-12-58-20-24/h3,5-7,10-21,45,50-51H,4,8-9H2,1-2H3,(H,53,54)(H,55,56). The number of thiophene rings is 2. The summed E-state index contributed by atoms with van der Waals surface area (Å²) in [5.74, 6) is 0.926. The first-order valence-electron chi connectivity index (χ1n) is 19.2. The molecule has 1 aliphatic heterocycles. The van der Waals surface area contributed by atoms with Gasteiger partial charge in [0, 0.05) is 80.5 Å². The summed E-state index contributed by atoms with van der Waals surface area (Å²) in [5, 5.41) is 30.1. The van der Waals surface area contributed by atoms with E-state index in [1.165, 1.54) is 5.57 Å². The maximum atomic E-state index is 5.34. The zero-order chi connectivity index (χ0) is 39.2. The molecule has 0 unspecified atom stereocenters. The molecule has 12 rings (SSSR count). The van der Waals surface area contributed by atoms with Crippen LogP contribution in [0.25, 0.3) is 116 Å². The van der Waals surface area contributed by atoms with E-state index in [2.05, 4.69) is 89.1 Å². The van der Waals surface area contributed by atoms with Gasteiger partial charge in [-0.05, 0) is 79.4 Å². The maximum absolute atomic E-state index is 5.34. The van der Waals surface area contributed by atoms with Gasteiger partial charge in [-0.3, -0.25) is 25.1 Å². The second kappa shape index (κ2) is 13.2. The van der Waals surface area contributed by atoms with Gasteiger partial charge < -0.3 is 19.9 Å². The monoisotopic (exact) mass is 807 g/mol. The molecule has 11 aromatic rings. The number of nitrogens with one attached hydrogen (secondary N) is 5. The van der Waals surface area contributed by atoms with Crippen molar-refractivity contribution in [3.05, 3.63) is 107 Å². The fourth-order valence-corrected chi connectivity index (χ4v) is 9.76. The second-order valence-corrected chi connectivity index (χ2v) is 16.5. The van der Waals surface area contributed by atoms with E-state index in [-0.39, 0.29) is 0 Å². The van der Waals surface area contributed by atoms with Gasteiger partial charge in [-0.2, -0.15) is 21.5 Å². The Labute approximate surface area is 343 Å². The van der Waals surface area contributed by atoms with Crippen LogP contribution in [0.1, 0.15) is 17.9 Å². The maximum Gasteiger partial charge on any atom is 0.116 e. The number of hydrogen-bond acceptors (Lipinski definition) is 10. The first kappa shape index (κ1) is 34.0. The molecule has 11 aromatic heterocycles. The fraction of sp³-hybridized carbons (Fsp3) is 0.114. The molecule has 13 nitrogen and oxygen atoms in total. The molecule has 59 heavy (non-hydrogen) atoms. The SMILES string of the molecule is Cc1ncc(-c2cc3c(-c4cc5c(-c6csc(-c7nc(C8=CCNCC8)cc8c(-c9cc%10c(-c%11ccsc%11)nccc%10[nH]9)n[nH]c78)c6)nccc5[nH]4)n[nH]c3cn2)n1C. The zero-order valence-corrected chi connectivity index (χ0v) is 33.4. The van der Waals surface area contributed by atoms with Crippen LogP contribution < -0.4 is 5.32 Å². The molecule has 15 heteroatoms. The molecule has 0 saturated carbocycles. The number of fused-ring (bicyclic) bond motifs is 4. The third-order valence-electron chi connectivity index (χ3n) is 11.4. The first-order valence-corrected chi connectivity index (χ1v) is 21.1. The minimum atomic E-state index is 0.815. The topological polar surface area (TPSA) is 170 Å². The summed E-state index contributed by atoms with van der Waals surface area (Å²) in [7, 11) is 2.00. The Bertz CT molecular complexity index is 3440. The lowest BCUT2D eigenvalue weighted by Crippen LogP contribution is -2.20. The van der Waals surface area contributed by atoms with E-state index < -0.39 is 0 Å². The van der Waals surface area contributed by atoms with Gasteiger partial charge in [0.2, 0.25) is 0 Å². The van der Waals surface area contributed by atoms with E-state index >= 15 is 0 Å². The van der Waals surface area contributed by atoms with Crippen molar-refractivity contribution in [3.8, 4) is 67.2 Å². The van der Waals surface area contributed by atoms with Gasteiger partial charge >= 0.3 is 0 Å². The molecule has 286 valence electrons. The van der Waals surface area contributed by atoms with Crippen LogP contribution in [0.15, 0.2) is 95.5 Å². The number of hydrogen-bond donors (Lipinski definition) is 5. The Morgan fingerprint density at radius 1 is 0.678 bits per heavy atom. The van der Waals surface area contributed by atoms with Gasteiger partial charge in [0.05, 0.1) is 68.2 Å². The second-order valence-electron chi connectivity index (χ2n) is 14.8. The Morgan fingerprint density at radius 3 is 2.15 bits per heavy atom. The Balaban J connectivity index is 0.955. The molecule has 12 heterocycles. The van der Waals surface area contributed by atoms with E-state index in [4.69, 9.17) is 30.1 Å². The van der Waals surface area contributed by atoms with Gasteiger partial charge in [0.15, 0.2) is 0 Å². The predicted molar refractivity (Wildman–Crippen MR) is 236 cm³/mol. The molecule has 0 saturated heterocycles. The van der Waals surface area contributed by atoms with Crippen LogP contribution in [0.3, 0.4) is 0 Å². The van der Waals surface area contributed by atoms with Crippen LogP contribution in [-0.2, 0) is 7.05 Å². The van der Waals surface area contributed by atoms with Crippen molar-refractivity contribution in [2.75, 3.05) is 13.1 Å². The fourth-order valence-electron chi connectivity index (χ4n) is 8.23.